The lowest BCUT2D eigenvalue weighted by Gasteiger charge is -2.09. The van der Waals surface area contributed by atoms with Gasteiger partial charge in [-0.15, -0.1) is 16.8 Å². The molecule has 0 saturated heterocycles. The molecule has 0 aliphatic carbocycles. The maximum atomic E-state index is 10.7. The average Bonchev–Trinajstić information content (AvgIpc) is 2.93. The molecule has 1 aromatic heterocycles. The third-order valence-corrected chi connectivity index (χ3v) is 3.79. The zero-order valence-corrected chi connectivity index (χ0v) is 13.5. The number of carboxylic acids is 1. The zero-order chi connectivity index (χ0) is 16.7. The number of thioether (sulfide) groups is 1. The summed E-state index contributed by atoms with van der Waals surface area (Å²) in [5, 5.41) is 17.4. The van der Waals surface area contributed by atoms with Crippen molar-refractivity contribution < 1.29 is 19.4 Å². The minimum Gasteiger partial charge on any atom is -0.497 e. The Morgan fingerprint density at radius 1 is 1.43 bits per heavy atom. The summed E-state index contributed by atoms with van der Waals surface area (Å²) in [4.78, 5) is 10.7. The van der Waals surface area contributed by atoms with Crippen molar-refractivity contribution >= 4 is 17.7 Å². The van der Waals surface area contributed by atoms with Crippen LogP contribution >= 0.6 is 11.8 Å². The van der Waals surface area contributed by atoms with Crippen LogP contribution < -0.4 is 9.47 Å². The molecule has 0 amide bonds. The first-order valence-electron chi connectivity index (χ1n) is 6.78. The van der Waals surface area contributed by atoms with Gasteiger partial charge in [0, 0.05) is 12.6 Å². The number of aromatic nitrogens is 3. The number of carboxylic acid groups (broad SMARTS) is 1. The molecule has 122 valence electrons. The van der Waals surface area contributed by atoms with Gasteiger partial charge in [0.25, 0.3) is 0 Å². The Bertz CT molecular complexity index is 687. The van der Waals surface area contributed by atoms with Gasteiger partial charge < -0.3 is 14.6 Å². The predicted octanol–water partition coefficient (Wildman–Crippen LogP) is 2.23. The van der Waals surface area contributed by atoms with Gasteiger partial charge >= 0.3 is 5.97 Å². The van der Waals surface area contributed by atoms with Gasteiger partial charge in [-0.25, -0.2) is 0 Å². The Balaban J connectivity index is 2.09. The van der Waals surface area contributed by atoms with Crippen LogP contribution in [0.25, 0.3) is 0 Å². The van der Waals surface area contributed by atoms with E-state index in [9.17, 15) is 4.79 Å². The molecule has 0 atom stereocenters. The van der Waals surface area contributed by atoms with Gasteiger partial charge in [-0.2, -0.15) is 0 Å². The Morgan fingerprint density at radius 3 is 2.91 bits per heavy atom. The van der Waals surface area contributed by atoms with Crippen molar-refractivity contribution in [1.82, 2.24) is 14.8 Å². The van der Waals surface area contributed by atoms with E-state index in [-0.39, 0.29) is 12.4 Å². The molecule has 0 aliphatic heterocycles. The van der Waals surface area contributed by atoms with Crippen LogP contribution in [0.3, 0.4) is 0 Å². The van der Waals surface area contributed by atoms with E-state index >= 15 is 0 Å². The SMILES string of the molecule is C=CCn1c(COc2cccc(OC)c2)nnc1SCC(=O)O. The maximum absolute atomic E-state index is 10.7. The minimum atomic E-state index is -0.905. The second kappa shape index (κ2) is 8.23. The zero-order valence-electron chi connectivity index (χ0n) is 12.6. The third kappa shape index (κ3) is 4.75. The van der Waals surface area contributed by atoms with Gasteiger partial charge in [0.1, 0.15) is 18.1 Å². The number of rotatable bonds is 9. The molecule has 23 heavy (non-hydrogen) atoms. The summed E-state index contributed by atoms with van der Waals surface area (Å²) in [5.74, 6) is 0.967. The molecule has 0 unspecified atom stereocenters. The molecule has 8 heteroatoms. The summed E-state index contributed by atoms with van der Waals surface area (Å²) >= 11 is 1.11. The fraction of sp³-hybridized carbons (Fsp3) is 0.267. The summed E-state index contributed by atoms with van der Waals surface area (Å²) < 4.78 is 12.6. The second-order valence-electron chi connectivity index (χ2n) is 4.45. The number of methoxy groups -OCH3 is 1. The first kappa shape index (κ1) is 16.9. The number of carbonyl (C=O) groups is 1. The van der Waals surface area contributed by atoms with Crippen LogP contribution in [-0.2, 0) is 17.9 Å². The number of hydrogen-bond donors (Lipinski definition) is 1. The molecule has 0 bridgehead atoms. The van der Waals surface area contributed by atoms with Crippen LogP contribution in [0.1, 0.15) is 5.82 Å². The number of benzene rings is 1. The van der Waals surface area contributed by atoms with Crippen LogP contribution in [-0.4, -0.2) is 38.7 Å². The molecule has 1 heterocycles. The lowest BCUT2D eigenvalue weighted by atomic mass is 10.3. The highest BCUT2D eigenvalue weighted by atomic mass is 32.2. The summed E-state index contributed by atoms with van der Waals surface area (Å²) in [6.45, 7) is 4.38. The summed E-state index contributed by atoms with van der Waals surface area (Å²) in [7, 11) is 1.59. The van der Waals surface area contributed by atoms with Gasteiger partial charge in [0.15, 0.2) is 11.0 Å². The summed E-state index contributed by atoms with van der Waals surface area (Å²) in [6, 6.07) is 7.25. The molecule has 0 fully saturated rings. The largest absolute Gasteiger partial charge is 0.497 e. The van der Waals surface area contributed by atoms with Crippen LogP contribution in [0.4, 0.5) is 0 Å². The molecule has 0 spiro atoms. The van der Waals surface area contributed by atoms with Crippen molar-refractivity contribution in [2.45, 2.75) is 18.3 Å². The average molecular weight is 335 g/mol. The molecule has 7 nitrogen and oxygen atoms in total. The van der Waals surface area contributed by atoms with E-state index in [0.29, 0.717) is 29.0 Å². The highest BCUT2D eigenvalue weighted by Gasteiger charge is 2.13. The number of ether oxygens (including phenoxy) is 2. The molecular weight excluding hydrogens is 318 g/mol. The van der Waals surface area contributed by atoms with Crippen molar-refractivity contribution in [3.05, 3.63) is 42.7 Å². The van der Waals surface area contributed by atoms with Crippen molar-refractivity contribution in [2.24, 2.45) is 0 Å². The lowest BCUT2D eigenvalue weighted by molar-refractivity contribution is -0.133. The molecule has 1 N–H and O–H groups in total. The Labute approximate surface area is 137 Å². The minimum absolute atomic E-state index is 0.0774. The number of aliphatic carboxylic acids is 1. The topological polar surface area (TPSA) is 86.5 Å². The van der Waals surface area contributed by atoms with Gasteiger partial charge in [-0.1, -0.05) is 23.9 Å². The molecule has 0 radical (unpaired) electrons. The van der Waals surface area contributed by atoms with E-state index in [4.69, 9.17) is 14.6 Å². The number of hydrogen-bond acceptors (Lipinski definition) is 6. The van der Waals surface area contributed by atoms with E-state index in [1.54, 1.807) is 23.8 Å². The normalized spacial score (nSPS) is 10.3. The van der Waals surface area contributed by atoms with E-state index in [2.05, 4.69) is 16.8 Å². The Kier molecular flexibility index (Phi) is 6.04. The molecule has 2 aromatic rings. The summed E-state index contributed by atoms with van der Waals surface area (Å²) in [5.41, 5.74) is 0. The van der Waals surface area contributed by atoms with Crippen molar-refractivity contribution in [3.8, 4) is 11.5 Å². The number of allylic oxidation sites excluding steroid dienone is 1. The predicted molar refractivity (Wildman–Crippen MR) is 85.9 cm³/mol. The maximum Gasteiger partial charge on any atom is 0.313 e. The monoisotopic (exact) mass is 335 g/mol. The highest BCUT2D eigenvalue weighted by Crippen LogP contribution is 2.21. The molecular formula is C15H17N3O4S. The first-order valence-corrected chi connectivity index (χ1v) is 7.77. The van der Waals surface area contributed by atoms with Gasteiger partial charge in [-0.05, 0) is 12.1 Å². The molecule has 0 aliphatic rings. The van der Waals surface area contributed by atoms with Crippen molar-refractivity contribution in [3.63, 3.8) is 0 Å². The standard InChI is InChI=1S/C15H17N3O4S/c1-3-7-18-13(16-17-15(18)23-10-14(19)20)9-22-12-6-4-5-11(8-12)21-2/h3-6,8H,1,7,9-10H2,2H3,(H,19,20). The lowest BCUT2D eigenvalue weighted by Crippen LogP contribution is -2.08. The quantitative estimate of drug-likeness (QED) is 0.555. The second-order valence-corrected chi connectivity index (χ2v) is 5.39. The molecule has 2 rings (SSSR count). The highest BCUT2D eigenvalue weighted by molar-refractivity contribution is 7.99. The van der Waals surface area contributed by atoms with Crippen LogP contribution in [0.15, 0.2) is 42.1 Å². The fourth-order valence-corrected chi connectivity index (χ4v) is 2.50. The van der Waals surface area contributed by atoms with Crippen molar-refractivity contribution in [2.75, 3.05) is 12.9 Å². The third-order valence-electron chi connectivity index (χ3n) is 2.84. The van der Waals surface area contributed by atoms with E-state index in [1.165, 1.54) is 0 Å². The Morgan fingerprint density at radius 2 is 2.22 bits per heavy atom. The van der Waals surface area contributed by atoms with Crippen LogP contribution in [0, 0.1) is 0 Å². The van der Waals surface area contributed by atoms with E-state index < -0.39 is 5.97 Å². The number of nitrogens with zero attached hydrogens (tertiary/aromatic N) is 3. The first-order chi connectivity index (χ1) is 11.1. The smallest absolute Gasteiger partial charge is 0.313 e. The van der Waals surface area contributed by atoms with Gasteiger partial charge in [0.2, 0.25) is 0 Å². The summed E-state index contributed by atoms with van der Waals surface area (Å²) in [6.07, 6.45) is 1.70. The van der Waals surface area contributed by atoms with E-state index in [1.807, 2.05) is 18.2 Å². The van der Waals surface area contributed by atoms with Crippen molar-refractivity contribution in [1.29, 1.82) is 0 Å². The molecule has 1 aromatic carbocycles. The van der Waals surface area contributed by atoms with Gasteiger partial charge in [0.05, 0.1) is 12.9 Å². The molecule has 0 saturated carbocycles. The van der Waals surface area contributed by atoms with Crippen LogP contribution in [0.2, 0.25) is 0 Å². The van der Waals surface area contributed by atoms with E-state index in [0.717, 1.165) is 11.8 Å². The fourth-order valence-electron chi connectivity index (χ4n) is 1.81. The Hall–Kier alpha value is -2.48. The van der Waals surface area contributed by atoms with Crippen LogP contribution in [0.5, 0.6) is 11.5 Å². The van der Waals surface area contributed by atoms with Gasteiger partial charge in [-0.3, -0.25) is 9.36 Å².